The molecule has 0 aliphatic carbocycles. The average molecular weight is 322 g/mol. The summed E-state index contributed by atoms with van der Waals surface area (Å²) < 4.78 is 5.70. The minimum atomic E-state index is -1.09. The molecule has 1 aromatic rings. The largest absolute Gasteiger partial charge is 0.489 e. The summed E-state index contributed by atoms with van der Waals surface area (Å²) in [5.74, 6) is -0.501. The predicted octanol–water partition coefficient (Wildman–Crippen LogP) is 4.01. The molecule has 0 aliphatic rings. The van der Waals surface area contributed by atoms with Gasteiger partial charge in [-0.2, -0.15) is 0 Å². The number of allylic oxidation sites excluding steroid dienone is 2. The van der Waals surface area contributed by atoms with Crippen LogP contribution in [0.15, 0.2) is 48.7 Å². The van der Waals surface area contributed by atoms with Gasteiger partial charge in [0.1, 0.15) is 5.75 Å². The van der Waals surface area contributed by atoms with Gasteiger partial charge < -0.3 is 15.6 Å². The zero-order chi connectivity index (χ0) is 16.7. The third-order valence-corrected chi connectivity index (χ3v) is 3.34. The molecule has 0 fully saturated rings. The minimum absolute atomic E-state index is 0.0378. The third kappa shape index (κ3) is 4.97. The number of carboxylic acid groups (broad SMARTS) is 1. The van der Waals surface area contributed by atoms with E-state index in [4.69, 9.17) is 27.2 Å². The smallest absolute Gasteiger partial charge is 0.335 e. The van der Waals surface area contributed by atoms with Gasteiger partial charge in [0, 0.05) is 0 Å². The van der Waals surface area contributed by atoms with Crippen LogP contribution in [0.2, 0.25) is 5.02 Å². The first kappa shape index (κ1) is 17.9. The van der Waals surface area contributed by atoms with Crippen molar-refractivity contribution in [2.75, 3.05) is 0 Å². The number of rotatable bonds is 7. The first-order chi connectivity index (χ1) is 10.4. The fourth-order valence-electron chi connectivity index (χ4n) is 1.66. The van der Waals surface area contributed by atoms with E-state index in [2.05, 4.69) is 6.58 Å². The van der Waals surface area contributed by atoms with Gasteiger partial charge in [-0.15, -0.1) is 0 Å². The van der Waals surface area contributed by atoms with Crippen LogP contribution in [-0.4, -0.2) is 17.2 Å². The van der Waals surface area contributed by atoms with Gasteiger partial charge in [-0.25, -0.2) is 4.79 Å². The van der Waals surface area contributed by atoms with Crippen molar-refractivity contribution in [2.45, 2.75) is 26.4 Å². The molecule has 4 nitrogen and oxygen atoms in total. The molecule has 0 spiro atoms. The highest BCUT2D eigenvalue weighted by Gasteiger charge is 2.09. The van der Waals surface area contributed by atoms with E-state index in [1.54, 1.807) is 24.3 Å². The number of aliphatic carboxylic acids is 1. The summed E-state index contributed by atoms with van der Waals surface area (Å²) >= 11 is 6.23. The van der Waals surface area contributed by atoms with Gasteiger partial charge in [0.2, 0.25) is 0 Å². The van der Waals surface area contributed by atoms with Crippen LogP contribution in [0.5, 0.6) is 5.75 Å². The summed E-state index contributed by atoms with van der Waals surface area (Å²) in [5.41, 5.74) is 6.71. The lowest BCUT2D eigenvalue weighted by Gasteiger charge is -2.14. The molecular weight excluding hydrogens is 302 g/mol. The Morgan fingerprint density at radius 2 is 2.23 bits per heavy atom. The standard InChI is InChI=1S/C17H20ClNO3/c1-4-12(3)22-16-6-5-13(10-15(16)18)14(7-8-19)9-11(2)17(20)21/h5-10,12H,2,4,19H2,1,3H3,(H,20,21)/b8-7-,14-9+/t12-/m0/s1. The third-order valence-electron chi connectivity index (χ3n) is 3.05. The van der Waals surface area contributed by atoms with Crippen LogP contribution < -0.4 is 10.5 Å². The number of carboxylic acids is 1. The summed E-state index contributed by atoms with van der Waals surface area (Å²) in [6, 6.07) is 5.26. The van der Waals surface area contributed by atoms with E-state index >= 15 is 0 Å². The van der Waals surface area contributed by atoms with Crippen molar-refractivity contribution in [2.24, 2.45) is 5.73 Å². The molecule has 3 N–H and O–H groups in total. The van der Waals surface area contributed by atoms with Crippen LogP contribution in [0.1, 0.15) is 25.8 Å². The Bertz CT molecular complexity index is 620. The summed E-state index contributed by atoms with van der Waals surface area (Å²) in [4.78, 5) is 10.9. The van der Waals surface area contributed by atoms with Gasteiger partial charge >= 0.3 is 5.97 Å². The van der Waals surface area contributed by atoms with E-state index in [1.165, 1.54) is 12.3 Å². The number of hydrogen-bond acceptors (Lipinski definition) is 3. The topological polar surface area (TPSA) is 72.5 Å². The molecule has 0 aliphatic heterocycles. The lowest BCUT2D eigenvalue weighted by Crippen LogP contribution is -2.09. The number of ether oxygens (including phenoxy) is 1. The highest BCUT2D eigenvalue weighted by molar-refractivity contribution is 6.32. The number of hydrogen-bond donors (Lipinski definition) is 2. The Kier molecular flexibility index (Phi) is 6.73. The van der Waals surface area contributed by atoms with Gasteiger partial charge in [0.15, 0.2) is 0 Å². The van der Waals surface area contributed by atoms with Crippen LogP contribution >= 0.6 is 11.6 Å². The summed E-state index contributed by atoms with van der Waals surface area (Å²) in [5, 5.41) is 9.38. The number of benzene rings is 1. The van der Waals surface area contributed by atoms with Gasteiger partial charge in [-0.05, 0) is 55.0 Å². The SMILES string of the molecule is C=C(/C=C(\C=C/N)c1ccc(O[C@@H](C)CC)c(Cl)c1)C(=O)O. The Hall–Kier alpha value is -2.20. The fourth-order valence-corrected chi connectivity index (χ4v) is 1.88. The normalized spacial score (nSPS) is 13.1. The molecule has 0 saturated carbocycles. The van der Waals surface area contributed by atoms with Gasteiger partial charge in [-0.1, -0.05) is 31.2 Å². The quantitative estimate of drug-likeness (QED) is 0.588. The molecule has 0 amide bonds. The fraction of sp³-hybridized carbons (Fsp3) is 0.235. The molecule has 5 heteroatoms. The lowest BCUT2D eigenvalue weighted by atomic mass is 10.0. The molecule has 0 aromatic heterocycles. The lowest BCUT2D eigenvalue weighted by molar-refractivity contribution is -0.132. The van der Waals surface area contributed by atoms with Gasteiger partial charge in [0.05, 0.1) is 16.7 Å². The molecule has 0 bridgehead atoms. The molecule has 1 atom stereocenters. The van der Waals surface area contributed by atoms with E-state index in [0.717, 1.165) is 12.0 Å². The van der Waals surface area contributed by atoms with Crippen LogP contribution in [0.25, 0.3) is 5.57 Å². The van der Waals surface area contributed by atoms with Crippen molar-refractivity contribution in [3.63, 3.8) is 0 Å². The van der Waals surface area contributed by atoms with Crippen molar-refractivity contribution in [3.8, 4) is 5.75 Å². The maximum Gasteiger partial charge on any atom is 0.335 e. The van der Waals surface area contributed by atoms with Crippen molar-refractivity contribution >= 4 is 23.1 Å². The predicted molar refractivity (Wildman–Crippen MR) is 89.9 cm³/mol. The second-order valence-corrected chi connectivity index (χ2v) is 5.18. The number of carbonyl (C=O) groups is 1. The maximum atomic E-state index is 10.9. The monoisotopic (exact) mass is 321 g/mol. The highest BCUT2D eigenvalue weighted by atomic mass is 35.5. The van der Waals surface area contributed by atoms with Crippen molar-refractivity contribution in [1.29, 1.82) is 0 Å². The van der Waals surface area contributed by atoms with Crippen molar-refractivity contribution in [1.82, 2.24) is 0 Å². The molecule has 0 unspecified atom stereocenters. The Morgan fingerprint density at radius 1 is 1.55 bits per heavy atom. The van der Waals surface area contributed by atoms with E-state index in [1.807, 2.05) is 13.8 Å². The minimum Gasteiger partial charge on any atom is -0.489 e. The van der Waals surface area contributed by atoms with E-state index in [0.29, 0.717) is 16.3 Å². The Balaban J connectivity index is 3.15. The molecule has 22 heavy (non-hydrogen) atoms. The zero-order valence-electron chi connectivity index (χ0n) is 12.7. The molecule has 1 rings (SSSR count). The molecule has 0 heterocycles. The van der Waals surface area contributed by atoms with Crippen molar-refractivity contribution in [3.05, 3.63) is 59.3 Å². The van der Waals surface area contributed by atoms with Gasteiger partial charge in [-0.3, -0.25) is 0 Å². The Labute approximate surface area is 135 Å². The van der Waals surface area contributed by atoms with Crippen LogP contribution in [0.3, 0.4) is 0 Å². The Morgan fingerprint density at radius 3 is 2.73 bits per heavy atom. The molecule has 118 valence electrons. The summed E-state index contributed by atoms with van der Waals surface area (Å²) in [7, 11) is 0. The first-order valence-electron chi connectivity index (χ1n) is 6.87. The van der Waals surface area contributed by atoms with Crippen LogP contribution in [-0.2, 0) is 4.79 Å². The molecule has 0 saturated heterocycles. The molecular formula is C17H20ClNO3. The summed E-state index contributed by atoms with van der Waals surface area (Å²) in [6.07, 6.45) is 5.30. The van der Waals surface area contributed by atoms with E-state index in [9.17, 15) is 4.79 Å². The zero-order valence-corrected chi connectivity index (χ0v) is 13.4. The van der Waals surface area contributed by atoms with Crippen LogP contribution in [0, 0.1) is 0 Å². The summed E-state index contributed by atoms with van der Waals surface area (Å²) in [6.45, 7) is 7.47. The van der Waals surface area contributed by atoms with E-state index < -0.39 is 5.97 Å². The number of nitrogens with two attached hydrogens (primary N) is 1. The number of halogens is 1. The van der Waals surface area contributed by atoms with Crippen molar-refractivity contribution < 1.29 is 14.6 Å². The van der Waals surface area contributed by atoms with Gasteiger partial charge in [0.25, 0.3) is 0 Å². The van der Waals surface area contributed by atoms with Crippen LogP contribution in [0.4, 0.5) is 0 Å². The average Bonchev–Trinajstić information content (AvgIpc) is 2.48. The molecule has 1 aromatic carbocycles. The maximum absolute atomic E-state index is 10.9. The second kappa shape index (κ2) is 8.29. The highest BCUT2D eigenvalue weighted by Crippen LogP contribution is 2.30. The van der Waals surface area contributed by atoms with E-state index in [-0.39, 0.29) is 11.7 Å². The molecule has 0 radical (unpaired) electrons. The first-order valence-corrected chi connectivity index (χ1v) is 7.25. The second-order valence-electron chi connectivity index (χ2n) is 4.77.